The number of carbonyl (C=O) groups excluding carboxylic acids is 1. The zero-order chi connectivity index (χ0) is 25.3. The topological polar surface area (TPSA) is 45.5 Å². The summed E-state index contributed by atoms with van der Waals surface area (Å²) in [7, 11) is 0. The summed E-state index contributed by atoms with van der Waals surface area (Å²) in [4.78, 5) is 15.0. The summed E-state index contributed by atoms with van der Waals surface area (Å²) in [5, 5.41) is 3.02. The Morgan fingerprint density at radius 3 is 2.03 bits per heavy atom. The second-order valence-corrected chi connectivity index (χ2v) is 9.31. The molecule has 4 aromatic rings. The van der Waals surface area contributed by atoms with E-state index in [4.69, 9.17) is 4.42 Å². The summed E-state index contributed by atoms with van der Waals surface area (Å²) in [6.07, 6.45) is 0.784. The number of hydrogen-bond donors (Lipinski definition) is 1. The van der Waals surface area contributed by atoms with Crippen molar-refractivity contribution in [2.24, 2.45) is 0 Å². The molecule has 0 aliphatic carbocycles. The highest BCUT2D eigenvalue weighted by Gasteiger charge is 2.18. The predicted octanol–water partition coefficient (Wildman–Crippen LogP) is 6.78. The lowest BCUT2D eigenvalue weighted by molar-refractivity contribution is 0.0919. The molecule has 5 heteroatoms. The second kappa shape index (κ2) is 12.3. The smallest absolute Gasteiger partial charge is 0.286 e. The molecular formula is C31H33FN2O2. The van der Waals surface area contributed by atoms with Crippen molar-refractivity contribution in [1.29, 1.82) is 0 Å². The van der Waals surface area contributed by atoms with Gasteiger partial charge in [0.2, 0.25) is 0 Å². The summed E-state index contributed by atoms with van der Waals surface area (Å²) in [5.41, 5.74) is 3.49. The van der Waals surface area contributed by atoms with Crippen molar-refractivity contribution >= 4 is 5.91 Å². The lowest BCUT2D eigenvalue weighted by Gasteiger charge is -2.25. The second-order valence-electron chi connectivity index (χ2n) is 9.31. The Morgan fingerprint density at radius 1 is 0.833 bits per heavy atom. The van der Waals surface area contributed by atoms with Gasteiger partial charge in [0.15, 0.2) is 5.76 Å². The van der Waals surface area contributed by atoms with Gasteiger partial charge >= 0.3 is 0 Å². The van der Waals surface area contributed by atoms with Crippen LogP contribution in [0.25, 0.3) is 0 Å². The van der Waals surface area contributed by atoms with Crippen LogP contribution < -0.4 is 5.32 Å². The van der Waals surface area contributed by atoms with Crippen LogP contribution in [0, 0.1) is 5.82 Å². The van der Waals surface area contributed by atoms with E-state index < -0.39 is 0 Å². The maximum Gasteiger partial charge on any atom is 0.286 e. The molecule has 0 saturated carbocycles. The first-order valence-electron chi connectivity index (χ1n) is 12.4. The zero-order valence-corrected chi connectivity index (χ0v) is 20.9. The van der Waals surface area contributed by atoms with Crippen molar-refractivity contribution in [2.45, 2.75) is 45.3 Å². The van der Waals surface area contributed by atoms with E-state index in [0.29, 0.717) is 25.4 Å². The molecule has 1 amide bonds. The van der Waals surface area contributed by atoms with Crippen LogP contribution in [0.3, 0.4) is 0 Å². The number of halogens is 1. The van der Waals surface area contributed by atoms with Crippen LogP contribution in [0.5, 0.6) is 0 Å². The Morgan fingerprint density at radius 2 is 1.44 bits per heavy atom. The van der Waals surface area contributed by atoms with Gasteiger partial charge in [0.25, 0.3) is 5.91 Å². The number of nitrogens with one attached hydrogen (secondary N) is 1. The molecule has 0 bridgehead atoms. The van der Waals surface area contributed by atoms with Crippen LogP contribution in [-0.4, -0.2) is 23.4 Å². The quantitative estimate of drug-likeness (QED) is 0.255. The molecule has 1 N–H and O–H groups in total. The van der Waals surface area contributed by atoms with Gasteiger partial charge in [-0.15, -0.1) is 0 Å². The third-order valence-corrected chi connectivity index (χ3v) is 6.40. The SMILES string of the molecule is CC(C)N(Cc1ccc(F)cc1)Cc1ccc(C(=O)NCCC(c2ccccc2)c2ccccc2)o1. The van der Waals surface area contributed by atoms with Gasteiger partial charge in [0.1, 0.15) is 11.6 Å². The molecule has 3 aromatic carbocycles. The highest BCUT2D eigenvalue weighted by atomic mass is 19.1. The Bertz CT molecular complexity index is 1180. The molecule has 0 aliphatic heterocycles. The van der Waals surface area contributed by atoms with E-state index in [1.807, 2.05) is 42.5 Å². The van der Waals surface area contributed by atoms with E-state index in [0.717, 1.165) is 17.7 Å². The molecule has 4 nitrogen and oxygen atoms in total. The number of benzene rings is 3. The molecule has 1 heterocycles. The summed E-state index contributed by atoms with van der Waals surface area (Å²) >= 11 is 0. The van der Waals surface area contributed by atoms with Crippen LogP contribution in [0.1, 0.15) is 59.2 Å². The third-order valence-electron chi connectivity index (χ3n) is 6.40. The van der Waals surface area contributed by atoms with Crippen molar-refractivity contribution in [1.82, 2.24) is 10.2 Å². The Labute approximate surface area is 212 Å². The number of hydrogen-bond acceptors (Lipinski definition) is 3. The van der Waals surface area contributed by atoms with Gasteiger partial charge < -0.3 is 9.73 Å². The molecule has 4 rings (SSSR count). The molecule has 186 valence electrons. The summed E-state index contributed by atoms with van der Waals surface area (Å²) in [6, 6.07) is 31.1. The van der Waals surface area contributed by atoms with Crippen LogP contribution in [0.2, 0.25) is 0 Å². The van der Waals surface area contributed by atoms with E-state index in [1.165, 1.54) is 23.3 Å². The highest BCUT2D eigenvalue weighted by Crippen LogP contribution is 2.27. The Kier molecular flexibility index (Phi) is 8.69. The van der Waals surface area contributed by atoms with Crippen LogP contribution >= 0.6 is 0 Å². The Hall–Kier alpha value is -3.70. The minimum absolute atomic E-state index is 0.200. The molecule has 0 fully saturated rings. The van der Waals surface area contributed by atoms with Gasteiger partial charge in [0.05, 0.1) is 6.54 Å². The molecule has 0 saturated heterocycles. The number of carbonyl (C=O) groups is 1. The van der Waals surface area contributed by atoms with Gasteiger partial charge in [-0.3, -0.25) is 9.69 Å². The maximum absolute atomic E-state index is 13.2. The fraction of sp³-hybridized carbons (Fsp3) is 0.258. The molecule has 0 aliphatic rings. The average molecular weight is 485 g/mol. The molecular weight excluding hydrogens is 451 g/mol. The summed E-state index contributed by atoms with van der Waals surface area (Å²) in [6.45, 7) is 5.98. The third kappa shape index (κ3) is 6.92. The van der Waals surface area contributed by atoms with E-state index in [2.05, 4.69) is 48.3 Å². The number of furan rings is 1. The highest BCUT2D eigenvalue weighted by molar-refractivity contribution is 5.91. The minimum atomic E-state index is -0.240. The first-order chi connectivity index (χ1) is 17.5. The number of nitrogens with zero attached hydrogens (tertiary/aromatic N) is 1. The number of amides is 1. The van der Waals surface area contributed by atoms with Crippen LogP contribution in [0.15, 0.2) is 101 Å². The van der Waals surface area contributed by atoms with E-state index in [1.54, 1.807) is 18.2 Å². The normalized spacial score (nSPS) is 11.4. The monoisotopic (exact) mass is 484 g/mol. The van der Waals surface area contributed by atoms with Crippen molar-refractivity contribution in [3.05, 3.63) is 131 Å². The molecule has 1 aromatic heterocycles. The molecule has 0 spiro atoms. The lowest BCUT2D eigenvalue weighted by Crippen LogP contribution is -2.29. The molecule has 0 atom stereocenters. The van der Waals surface area contributed by atoms with Gasteiger partial charge in [-0.05, 0) is 61.2 Å². The largest absolute Gasteiger partial charge is 0.455 e. The predicted molar refractivity (Wildman–Crippen MR) is 141 cm³/mol. The van der Waals surface area contributed by atoms with E-state index in [9.17, 15) is 9.18 Å². The van der Waals surface area contributed by atoms with Crippen molar-refractivity contribution in [3.63, 3.8) is 0 Å². The summed E-state index contributed by atoms with van der Waals surface area (Å²) in [5.74, 6) is 0.783. The van der Waals surface area contributed by atoms with Crippen molar-refractivity contribution in [2.75, 3.05) is 6.54 Å². The molecule has 0 unspecified atom stereocenters. The van der Waals surface area contributed by atoms with Crippen molar-refractivity contribution < 1.29 is 13.6 Å². The Balaban J connectivity index is 1.35. The minimum Gasteiger partial charge on any atom is -0.455 e. The van der Waals surface area contributed by atoms with Crippen molar-refractivity contribution in [3.8, 4) is 0 Å². The fourth-order valence-corrected chi connectivity index (χ4v) is 4.34. The average Bonchev–Trinajstić information content (AvgIpc) is 3.37. The van der Waals surface area contributed by atoms with Gasteiger partial charge in [0, 0.05) is 25.0 Å². The van der Waals surface area contributed by atoms with Gasteiger partial charge in [-0.2, -0.15) is 0 Å². The lowest BCUT2D eigenvalue weighted by atomic mass is 9.88. The fourth-order valence-electron chi connectivity index (χ4n) is 4.34. The first-order valence-corrected chi connectivity index (χ1v) is 12.4. The van der Waals surface area contributed by atoms with E-state index >= 15 is 0 Å². The van der Waals surface area contributed by atoms with Gasteiger partial charge in [-0.1, -0.05) is 72.8 Å². The summed E-state index contributed by atoms with van der Waals surface area (Å²) < 4.78 is 19.1. The standard InChI is InChI=1S/C31H33FN2O2/c1-23(2)34(21-24-13-15-27(32)16-14-24)22-28-17-18-30(36-28)31(35)33-20-19-29(25-9-5-3-6-10-25)26-11-7-4-8-12-26/h3-18,23,29H,19-22H2,1-2H3,(H,33,35). The van der Waals surface area contributed by atoms with Gasteiger partial charge in [-0.25, -0.2) is 4.39 Å². The number of rotatable bonds is 11. The van der Waals surface area contributed by atoms with Crippen LogP contribution in [-0.2, 0) is 13.1 Å². The zero-order valence-electron chi connectivity index (χ0n) is 20.9. The first kappa shape index (κ1) is 25.4. The molecule has 0 radical (unpaired) electrons. The van der Waals surface area contributed by atoms with Crippen LogP contribution in [0.4, 0.5) is 4.39 Å². The maximum atomic E-state index is 13.2. The van der Waals surface area contributed by atoms with E-state index in [-0.39, 0.29) is 23.7 Å². The molecule has 36 heavy (non-hydrogen) atoms.